The Balaban J connectivity index is 1.69. The van der Waals surface area contributed by atoms with Crippen molar-refractivity contribution in [2.24, 2.45) is 0 Å². The lowest BCUT2D eigenvalue weighted by molar-refractivity contribution is 0.0206. The predicted octanol–water partition coefficient (Wildman–Crippen LogP) is 3.11. The van der Waals surface area contributed by atoms with Gasteiger partial charge in [0.25, 0.3) is 0 Å². The standard InChI is InChI=1S/C22H29N5O4/c1-22(2,3)31-21(29)27-11-7-8-14(13-27)25-20-24-12-16(19(23)26-20)18(28)15-9-5-6-10-17(15)30-4/h5-6,9-10,12,14H,7-8,11,13H2,1-4H3,(H3,23,24,25,26). The molecule has 0 bridgehead atoms. The zero-order valence-electron chi connectivity index (χ0n) is 18.3. The van der Waals surface area contributed by atoms with E-state index in [4.69, 9.17) is 15.2 Å². The van der Waals surface area contributed by atoms with Gasteiger partial charge in [0.05, 0.1) is 18.2 Å². The van der Waals surface area contributed by atoms with Crippen molar-refractivity contribution in [3.8, 4) is 5.75 Å². The first-order valence-electron chi connectivity index (χ1n) is 10.2. The highest BCUT2D eigenvalue weighted by Gasteiger charge is 2.28. The van der Waals surface area contributed by atoms with Crippen molar-refractivity contribution in [1.29, 1.82) is 0 Å². The first kappa shape index (κ1) is 22.3. The number of amides is 1. The van der Waals surface area contributed by atoms with Gasteiger partial charge in [-0.2, -0.15) is 4.98 Å². The van der Waals surface area contributed by atoms with E-state index in [2.05, 4.69) is 15.3 Å². The number of nitrogens with two attached hydrogens (primary N) is 1. The highest BCUT2D eigenvalue weighted by Crippen LogP contribution is 2.24. The van der Waals surface area contributed by atoms with Gasteiger partial charge in [-0.15, -0.1) is 0 Å². The lowest BCUT2D eigenvalue weighted by Crippen LogP contribution is -2.47. The second-order valence-corrected chi connectivity index (χ2v) is 8.43. The number of likely N-dealkylation sites (tertiary alicyclic amines) is 1. The summed E-state index contributed by atoms with van der Waals surface area (Å²) < 4.78 is 10.7. The molecule has 0 spiro atoms. The molecule has 0 radical (unpaired) electrons. The first-order chi connectivity index (χ1) is 14.7. The van der Waals surface area contributed by atoms with Crippen molar-refractivity contribution in [2.75, 3.05) is 31.2 Å². The fraction of sp³-hybridized carbons (Fsp3) is 0.455. The molecule has 1 aromatic heterocycles. The third kappa shape index (κ3) is 5.62. The zero-order valence-corrected chi connectivity index (χ0v) is 18.3. The molecular weight excluding hydrogens is 398 g/mol. The lowest BCUT2D eigenvalue weighted by atomic mass is 10.0. The summed E-state index contributed by atoms with van der Waals surface area (Å²) in [6.45, 7) is 6.64. The average molecular weight is 428 g/mol. The molecule has 1 amide bonds. The van der Waals surface area contributed by atoms with Gasteiger partial charge in [0, 0.05) is 25.3 Å². The quantitative estimate of drug-likeness (QED) is 0.699. The van der Waals surface area contributed by atoms with Crippen molar-refractivity contribution in [2.45, 2.75) is 45.3 Å². The molecular formula is C22H29N5O4. The van der Waals surface area contributed by atoms with Crippen LogP contribution in [0.3, 0.4) is 0 Å². The van der Waals surface area contributed by atoms with Crippen molar-refractivity contribution in [3.63, 3.8) is 0 Å². The molecule has 1 aliphatic rings. The molecule has 9 heteroatoms. The minimum atomic E-state index is -0.543. The number of ether oxygens (including phenoxy) is 2. The van der Waals surface area contributed by atoms with Crippen molar-refractivity contribution >= 4 is 23.6 Å². The van der Waals surface area contributed by atoms with Crippen molar-refractivity contribution in [1.82, 2.24) is 14.9 Å². The van der Waals surface area contributed by atoms with Crippen molar-refractivity contribution < 1.29 is 19.1 Å². The number of nitrogens with zero attached hydrogens (tertiary/aromatic N) is 3. The predicted molar refractivity (Wildman–Crippen MR) is 117 cm³/mol. The van der Waals surface area contributed by atoms with E-state index in [1.807, 2.05) is 20.8 Å². The van der Waals surface area contributed by atoms with Gasteiger partial charge in [-0.05, 0) is 45.7 Å². The molecule has 9 nitrogen and oxygen atoms in total. The van der Waals surface area contributed by atoms with E-state index in [1.54, 1.807) is 29.2 Å². The summed E-state index contributed by atoms with van der Waals surface area (Å²) in [6, 6.07) is 6.87. The number of carbonyl (C=O) groups excluding carboxylic acids is 2. The number of carbonyl (C=O) groups is 2. The molecule has 1 fully saturated rings. The third-order valence-corrected chi connectivity index (χ3v) is 4.82. The molecule has 2 aromatic rings. The summed E-state index contributed by atoms with van der Waals surface area (Å²) in [7, 11) is 1.50. The Labute approximate surface area is 182 Å². The Bertz CT molecular complexity index is 957. The summed E-state index contributed by atoms with van der Waals surface area (Å²) in [5, 5.41) is 3.21. The van der Waals surface area contributed by atoms with Gasteiger partial charge < -0.3 is 25.4 Å². The molecule has 31 heavy (non-hydrogen) atoms. The van der Waals surface area contributed by atoms with Crippen LogP contribution in [0.5, 0.6) is 5.75 Å². The first-order valence-corrected chi connectivity index (χ1v) is 10.2. The lowest BCUT2D eigenvalue weighted by Gasteiger charge is -2.34. The highest BCUT2D eigenvalue weighted by molar-refractivity contribution is 6.13. The van der Waals surface area contributed by atoms with E-state index in [1.165, 1.54) is 13.3 Å². The maximum Gasteiger partial charge on any atom is 0.410 e. The second-order valence-electron chi connectivity index (χ2n) is 8.43. The van der Waals surface area contributed by atoms with Gasteiger partial charge >= 0.3 is 6.09 Å². The number of benzene rings is 1. The largest absolute Gasteiger partial charge is 0.496 e. The Morgan fingerprint density at radius 3 is 2.65 bits per heavy atom. The van der Waals surface area contributed by atoms with Crippen LogP contribution in [0.15, 0.2) is 30.5 Å². The van der Waals surface area contributed by atoms with Gasteiger partial charge in [0.1, 0.15) is 17.2 Å². The van der Waals surface area contributed by atoms with Crippen LogP contribution in [-0.2, 0) is 4.74 Å². The number of ketones is 1. The molecule has 0 aliphatic carbocycles. The zero-order chi connectivity index (χ0) is 22.6. The molecule has 0 saturated carbocycles. The van der Waals surface area contributed by atoms with Crippen LogP contribution in [0.4, 0.5) is 16.6 Å². The number of nitrogen functional groups attached to an aromatic ring is 1. The fourth-order valence-electron chi connectivity index (χ4n) is 3.39. The van der Waals surface area contributed by atoms with Gasteiger partial charge in [-0.25, -0.2) is 9.78 Å². The number of nitrogens with one attached hydrogen (secondary N) is 1. The molecule has 1 aromatic carbocycles. The molecule has 1 atom stereocenters. The maximum atomic E-state index is 12.9. The van der Waals surface area contributed by atoms with Crippen LogP contribution >= 0.6 is 0 Å². The summed E-state index contributed by atoms with van der Waals surface area (Å²) in [5.41, 5.74) is 6.11. The number of para-hydroxylation sites is 1. The molecule has 1 unspecified atom stereocenters. The van der Waals surface area contributed by atoms with E-state index >= 15 is 0 Å². The van der Waals surface area contributed by atoms with Crippen LogP contribution in [0.25, 0.3) is 0 Å². The van der Waals surface area contributed by atoms with Gasteiger partial charge in [-0.3, -0.25) is 4.79 Å². The van der Waals surface area contributed by atoms with Gasteiger partial charge in [-0.1, -0.05) is 12.1 Å². The van der Waals surface area contributed by atoms with Crippen LogP contribution < -0.4 is 15.8 Å². The number of hydrogen-bond donors (Lipinski definition) is 2. The molecule has 3 rings (SSSR count). The van der Waals surface area contributed by atoms with Crippen LogP contribution in [0.1, 0.15) is 49.5 Å². The summed E-state index contributed by atoms with van der Waals surface area (Å²) in [6.07, 6.45) is 2.76. The van der Waals surface area contributed by atoms with Crippen LogP contribution in [-0.4, -0.2) is 58.6 Å². The van der Waals surface area contributed by atoms with E-state index in [-0.39, 0.29) is 29.3 Å². The van der Waals surface area contributed by atoms with Crippen LogP contribution in [0.2, 0.25) is 0 Å². The summed E-state index contributed by atoms with van der Waals surface area (Å²) in [4.78, 5) is 35.4. The SMILES string of the molecule is COc1ccccc1C(=O)c1cnc(NC2CCCN(C(=O)OC(C)(C)C)C2)nc1N. The molecule has 1 saturated heterocycles. The van der Waals surface area contributed by atoms with Gasteiger partial charge in [0.15, 0.2) is 0 Å². The number of piperidine rings is 1. The minimum absolute atomic E-state index is 0.0450. The monoisotopic (exact) mass is 427 g/mol. The van der Waals surface area contributed by atoms with Gasteiger partial charge in [0.2, 0.25) is 11.7 Å². The smallest absolute Gasteiger partial charge is 0.410 e. The molecule has 1 aliphatic heterocycles. The maximum absolute atomic E-state index is 12.9. The normalized spacial score (nSPS) is 16.5. The number of hydrogen-bond acceptors (Lipinski definition) is 8. The summed E-state index contributed by atoms with van der Waals surface area (Å²) in [5.74, 6) is 0.534. The third-order valence-electron chi connectivity index (χ3n) is 4.82. The number of anilines is 2. The summed E-state index contributed by atoms with van der Waals surface area (Å²) >= 11 is 0. The Morgan fingerprint density at radius 2 is 1.97 bits per heavy atom. The number of aromatic nitrogens is 2. The van der Waals surface area contributed by atoms with E-state index in [0.717, 1.165) is 12.8 Å². The van der Waals surface area contributed by atoms with E-state index in [9.17, 15) is 9.59 Å². The highest BCUT2D eigenvalue weighted by atomic mass is 16.6. The minimum Gasteiger partial charge on any atom is -0.496 e. The number of methoxy groups -OCH3 is 1. The Kier molecular flexibility index (Phi) is 6.62. The van der Waals surface area contributed by atoms with Crippen molar-refractivity contribution in [3.05, 3.63) is 41.6 Å². The second kappa shape index (κ2) is 9.20. The topological polar surface area (TPSA) is 120 Å². The fourth-order valence-corrected chi connectivity index (χ4v) is 3.39. The molecule has 3 N–H and O–H groups in total. The Hall–Kier alpha value is -3.36. The Morgan fingerprint density at radius 1 is 1.23 bits per heavy atom. The molecule has 166 valence electrons. The van der Waals surface area contributed by atoms with E-state index in [0.29, 0.717) is 30.4 Å². The average Bonchev–Trinajstić information content (AvgIpc) is 2.72. The van der Waals surface area contributed by atoms with E-state index < -0.39 is 5.60 Å². The number of rotatable bonds is 5. The van der Waals surface area contributed by atoms with Crippen LogP contribution in [0, 0.1) is 0 Å². The molecule has 2 heterocycles.